The molecule has 1 saturated heterocycles. The van der Waals surface area contributed by atoms with E-state index in [9.17, 15) is 9.18 Å². The van der Waals surface area contributed by atoms with Crippen LogP contribution in [0.2, 0.25) is 5.02 Å². The highest BCUT2D eigenvalue weighted by Gasteiger charge is 2.29. The summed E-state index contributed by atoms with van der Waals surface area (Å²) in [5.74, 6) is -0.317. The van der Waals surface area contributed by atoms with Crippen molar-refractivity contribution in [2.45, 2.75) is 18.4 Å². The average Bonchev–Trinajstić information content (AvgIpc) is 2.54. The summed E-state index contributed by atoms with van der Waals surface area (Å²) in [5, 5.41) is 0.679. The van der Waals surface area contributed by atoms with Crippen molar-refractivity contribution in [3.63, 3.8) is 0 Å². The number of hydrogen-bond donors (Lipinski definition) is 1. The van der Waals surface area contributed by atoms with Gasteiger partial charge in [0, 0.05) is 35.6 Å². The number of nitrogens with two attached hydrogens (primary N) is 1. The quantitative estimate of drug-likeness (QED) is 0.915. The van der Waals surface area contributed by atoms with Gasteiger partial charge in [0.15, 0.2) is 0 Å². The first-order chi connectivity index (χ1) is 11.0. The highest BCUT2D eigenvalue weighted by Crippen LogP contribution is 2.29. The monoisotopic (exact) mass is 332 g/mol. The van der Waals surface area contributed by atoms with Crippen LogP contribution in [0.3, 0.4) is 0 Å². The molecule has 3 nitrogen and oxygen atoms in total. The number of carbonyl (C=O) groups is 1. The van der Waals surface area contributed by atoms with E-state index in [-0.39, 0.29) is 23.7 Å². The third kappa shape index (κ3) is 3.71. The summed E-state index contributed by atoms with van der Waals surface area (Å²) in [4.78, 5) is 14.4. The van der Waals surface area contributed by atoms with Gasteiger partial charge in [-0.25, -0.2) is 4.39 Å². The van der Waals surface area contributed by atoms with Crippen LogP contribution in [0.4, 0.5) is 4.39 Å². The topological polar surface area (TPSA) is 46.3 Å². The minimum atomic E-state index is -0.353. The van der Waals surface area contributed by atoms with E-state index >= 15 is 0 Å². The fourth-order valence-electron chi connectivity index (χ4n) is 3.08. The minimum absolute atomic E-state index is 0.0860. The highest BCUT2D eigenvalue weighted by atomic mass is 35.5. The standard InChI is InChI=1S/C18H18ClFN2O/c19-15-3-1-2-13(8-15)14-9-17(21)11-22(10-14)18(23)12-4-6-16(20)7-5-12/h1-8,14,17H,9-11,21H2. The Bertz CT molecular complexity index is 704. The molecule has 2 aromatic rings. The maximum Gasteiger partial charge on any atom is 0.253 e. The van der Waals surface area contributed by atoms with Gasteiger partial charge < -0.3 is 10.6 Å². The van der Waals surface area contributed by atoms with Crippen molar-refractivity contribution in [1.29, 1.82) is 0 Å². The molecule has 1 aliphatic heterocycles. The van der Waals surface area contributed by atoms with E-state index in [2.05, 4.69) is 0 Å². The summed E-state index contributed by atoms with van der Waals surface area (Å²) in [6, 6.07) is 13.2. The molecule has 23 heavy (non-hydrogen) atoms. The van der Waals surface area contributed by atoms with Gasteiger partial charge in [-0.3, -0.25) is 4.79 Å². The number of benzene rings is 2. The van der Waals surface area contributed by atoms with Gasteiger partial charge >= 0.3 is 0 Å². The molecule has 2 aromatic carbocycles. The maximum absolute atomic E-state index is 13.0. The van der Waals surface area contributed by atoms with Crippen molar-refractivity contribution in [2.75, 3.05) is 13.1 Å². The van der Waals surface area contributed by atoms with Gasteiger partial charge in [-0.1, -0.05) is 23.7 Å². The molecule has 0 radical (unpaired) electrons. The summed E-state index contributed by atoms with van der Waals surface area (Å²) in [6.45, 7) is 1.09. The predicted octanol–water partition coefficient (Wildman–Crippen LogP) is 3.44. The molecule has 0 aliphatic carbocycles. The molecule has 0 spiro atoms. The molecule has 0 aromatic heterocycles. The number of halogens is 2. The van der Waals surface area contributed by atoms with Crippen LogP contribution in [0.5, 0.6) is 0 Å². The maximum atomic E-state index is 13.0. The largest absolute Gasteiger partial charge is 0.336 e. The Morgan fingerprint density at radius 1 is 1.17 bits per heavy atom. The van der Waals surface area contributed by atoms with Crippen molar-refractivity contribution in [1.82, 2.24) is 4.90 Å². The minimum Gasteiger partial charge on any atom is -0.336 e. The van der Waals surface area contributed by atoms with Crippen LogP contribution in [0.15, 0.2) is 48.5 Å². The van der Waals surface area contributed by atoms with E-state index in [0.717, 1.165) is 12.0 Å². The zero-order chi connectivity index (χ0) is 16.4. The van der Waals surface area contributed by atoms with Crippen molar-refractivity contribution in [2.24, 2.45) is 5.73 Å². The molecule has 1 amide bonds. The number of nitrogens with zero attached hydrogens (tertiary/aromatic N) is 1. The van der Waals surface area contributed by atoms with Crippen LogP contribution in [0.25, 0.3) is 0 Å². The summed E-state index contributed by atoms with van der Waals surface area (Å²) in [5.41, 5.74) is 7.71. The lowest BCUT2D eigenvalue weighted by atomic mass is 9.88. The van der Waals surface area contributed by atoms with Crippen LogP contribution in [0.1, 0.15) is 28.3 Å². The fourth-order valence-corrected chi connectivity index (χ4v) is 3.28. The van der Waals surface area contributed by atoms with Gasteiger partial charge in [0.05, 0.1) is 0 Å². The molecule has 2 N–H and O–H groups in total. The van der Waals surface area contributed by atoms with Crippen LogP contribution in [0, 0.1) is 5.82 Å². The summed E-state index contributed by atoms with van der Waals surface area (Å²) in [6.07, 6.45) is 0.813. The number of likely N-dealkylation sites (tertiary alicyclic amines) is 1. The van der Waals surface area contributed by atoms with Crippen LogP contribution in [-0.4, -0.2) is 29.9 Å². The average molecular weight is 333 g/mol. The normalized spacial score (nSPS) is 21.3. The first-order valence-corrected chi connectivity index (χ1v) is 7.96. The Morgan fingerprint density at radius 3 is 2.61 bits per heavy atom. The second-order valence-electron chi connectivity index (χ2n) is 5.96. The summed E-state index contributed by atoms with van der Waals surface area (Å²) in [7, 11) is 0. The summed E-state index contributed by atoms with van der Waals surface area (Å²) < 4.78 is 13.0. The second kappa shape index (κ2) is 6.69. The Labute approximate surface area is 139 Å². The molecule has 1 heterocycles. The van der Waals surface area contributed by atoms with Crippen molar-refractivity contribution >= 4 is 17.5 Å². The SMILES string of the molecule is NC1CC(c2cccc(Cl)c2)CN(C(=O)c2ccc(F)cc2)C1. The molecular weight excluding hydrogens is 315 g/mol. The number of amides is 1. The lowest BCUT2D eigenvalue weighted by Crippen LogP contribution is -2.48. The molecule has 120 valence electrons. The molecular formula is C18H18ClFN2O. The molecule has 2 unspecified atom stereocenters. The zero-order valence-electron chi connectivity index (χ0n) is 12.6. The van der Waals surface area contributed by atoms with Crippen LogP contribution < -0.4 is 5.73 Å². The van der Waals surface area contributed by atoms with Gasteiger partial charge in [0.25, 0.3) is 5.91 Å². The lowest BCUT2D eigenvalue weighted by Gasteiger charge is -2.36. The van der Waals surface area contributed by atoms with Crippen molar-refractivity contribution < 1.29 is 9.18 Å². The number of rotatable bonds is 2. The van der Waals surface area contributed by atoms with Crippen molar-refractivity contribution in [3.8, 4) is 0 Å². The smallest absolute Gasteiger partial charge is 0.253 e. The van der Waals surface area contributed by atoms with E-state index in [0.29, 0.717) is 23.7 Å². The van der Waals surface area contributed by atoms with Gasteiger partial charge in [0.1, 0.15) is 5.82 Å². The Kier molecular flexibility index (Phi) is 4.64. The molecule has 2 atom stereocenters. The molecule has 0 bridgehead atoms. The first kappa shape index (κ1) is 16.0. The van der Waals surface area contributed by atoms with Crippen LogP contribution >= 0.6 is 11.6 Å². The first-order valence-electron chi connectivity index (χ1n) is 7.59. The second-order valence-corrected chi connectivity index (χ2v) is 6.40. The third-order valence-corrected chi connectivity index (χ3v) is 4.42. The molecule has 1 fully saturated rings. The van der Waals surface area contributed by atoms with Gasteiger partial charge in [0.2, 0.25) is 0 Å². The molecule has 1 aliphatic rings. The Morgan fingerprint density at radius 2 is 1.91 bits per heavy atom. The lowest BCUT2D eigenvalue weighted by molar-refractivity contribution is 0.0689. The zero-order valence-corrected chi connectivity index (χ0v) is 13.3. The predicted molar refractivity (Wildman–Crippen MR) is 89.1 cm³/mol. The number of hydrogen-bond acceptors (Lipinski definition) is 2. The van der Waals surface area contributed by atoms with Gasteiger partial charge in [-0.2, -0.15) is 0 Å². The van der Waals surface area contributed by atoms with Crippen molar-refractivity contribution in [3.05, 3.63) is 70.5 Å². The van der Waals surface area contributed by atoms with E-state index in [1.807, 2.05) is 24.3 Å². The van der Waals surface area contributed by atoms with E-state index in [1.54, 1.807) is 4.90 Å². The van der Waals surface area contributed by atoms with E-state index in [4.69, 9.17) is 17.3 Å². The van der Waals surface area contributed by atoms with Gasteiger partial charge in [-0.05, 0) is 48.4 Å². The van der Waals surface area contributed by atoms with E-state index in [1.165, 1.54) is 24.3 Å². The molecule has 0 saturated carbocycles. The number of piperidine rings is 1. The van der Waals surface area contributed by atoms with Crippen LogP contribution in [-0.2, 0) is 0 Å². The Hall–Kier alpha value is -1.91. The molecule has 5 heteroatoms. The fraction of sp³-hybridized carbons (Fsp3) is 0.278. The van der Waals surface area contributed by atoms with E-state index < -0.39 is 0 Å². The highest BCUT2D eigenvalue weighted by molar-refractivity contribution is 6.30. The third-order valence-electron chi connectivity index (χ3n) is 4.18. The molecule has 3 rings (SSSR count). The number of carbonyl (C=O) groups excluding carboxylic acids is 1. The summed E-state index contributed by atoms with van der Waals surface area (Å²) >= 11 is 6.06. The van der Waals surface area contributed by atoms with Gasteiger partial charge in [-0.15, -0.1) is 0 Å². The Balaban J connectivity index is 1.80.